The molecule has 0 radical (unpaired) electrons. The number of nitrogen functional groups attached to an aromatic ring is 6. The van der Waals surface area contributed by atoms with Gasteiger partial charge in [0.15, 0.2) is 87.8 Å². The third-order valence-corrected chi connectivity index (χ3v) is 33.8. The Kier molecular flexibility index (Phi) is 24.0. The first-order chi connectivity index (χ1) is 65.5. The van der Waals surface area contributed by atoms with Gasteiger partial charge in [-0.2, -0.15) is 15.0 Å². The molecular formula is C66H75N27O33P6S6. The monoisotopic (exact) mass is 2150 g/mol. The van der Waals surface area contributed by atoms with Crippen LogP contribution in [0.5, 0.6) is 0 Å². The topological polar surface area (TPSA) is 812 Å². The van der Waals surface area contributed by atoms with Crippen molar-refractivity contribution in [2.75, 3.05) is 93.9 Å². The predicted octanol–water partition coefficient (Wildman–Crippen LogP) is -2.47. The molecule has 12 aliphatic rings. The molecule has 738 valence electrons. The van der Waals surface area contributed by atoms with Crippen LogP contribution in [0.4, 0.5) is 34.9 Å². The minimum Gasteiger partial charge on any atom is -0.397 e. The van der Waals surface area contributed by atoms with Crippen LogP contribution < -0.4 is 51.1 Å². The van der Waals surface area contributed by atoms with Gasteiger partial charge in [0.25, 0.3) is 16.7 Å². The molecule has 24 heterocycles. The Morgan fingerprint density at radius 3 is 0.928 bits per heavy atom. The van der Waals surface area contributed by atoms with Crippen LogP contribution in [0.25, 0.3) is 67.0 Å². The molecule has 12 aromatic rings. The molecule has 12 aliphatic heterocycles. The fourth-order valence-electron chi connectivity index (χ4n) is 18.2. The van der Waals surface area contributed by atoms with Crippen molar-refractivity contribution >= 4 is 214 Å². The van der Waals surface area contributed by atoms with E-state index in [9.17, 15) is 58.7 Å². The lowest BCUT2D eigenvalue weighted by Gasteiger charge is -2.33. The number of hydrogen-bond acceptors (Lipinski definition) is 51. The fraction of sp³-hybridized carbons (Fsp3) is 0.500. The predicted molar refractivity (Wildman–Crippen MR) is 485 cm³/mol. The maximum absolute atomic E-state index is 13.8. The van der Waals surface area contributed by atoms with E-state index in [2.05, 4.69) is 87.0 Å². The largest absolute Gasteiger partial charge is 0.397 e. The Labute approximate surface area is 797 Å². The summed E-state index contributed by atoms with van der Waals surface area (Å²) in [5.41, 5.74) is 32.6. The lowest BCUT2D eigenvalue weighted by Crippen LogP contribution is -2.45. The molecule has 0 amide bonds. The molecule has 138 heavy (non-hydrogen) atoms. The van der Waals surface area contributed by atoms with Crippen molar-refractivity contribution in [1.82, 2.24) is 102 Å². The summed E-state index contributed by atoms with van der Waals surface area (Å²) in [7, 11) is 0. The third-order valence-electron chi connectivity index (χ3n) is 24.5. The number of pyridine rings is 3. The second-order valence-electron chi connectivity index (χ2n) is 33.0. The van der Waals surface area contributed by atoms with Gasteiger partial charge in [-0.25, -0.2) is 49.4 Å². The standard InChI is InChI=1S/3C22H25N9O11P2S2/c3*23-8-1-2-25-16-10(8)26-6-30(16)20-14-15-22(40-20,4-36-14)5-38-44(35,46)41-13-12(32)9(3-37-43(34,45)42-15)39-19(13)31-7-27-11-17(31)28-21(24)29-18(11)33/h3*1-2,6-7,9,12-15,19-20,32H,3-5H2,(H2,23,25)(H,34,45)(H,35,46)(H3,24,28,29,33)/t3*9-,12?,13+,14+,15?,19-,20-,22-,43?,44?/m111/s1. The number of imidazole rings is 6. The van der Waals surface area contributed by atoms with Crippen LogP contribution in [0.15, 0.2) is 89.1 Å². The van der Waals surface area contributed by atoms with Crippen LogP contribution >= 0.6 is 52.6 Å². The number of aromatic amines is 3. The van der Waals surface area contributed by atoms with Crippen LogP contribution in [-0.4, -0.2) is 310 Å². The highest BCUT2D eigenvalue weighted by atomic mass is 32.7. The number of fused-ring (bicyclic) bond motifs is 12. The molecule has 60 nitrogen and oxygen atoms in total. The zero-order valence-corrected chi connectivity index (χ0v) is 79.7. The van der Waals surface area contributed by atoms with Crippen molar-refractivity contribution in [3.05, 3.63) is 106 Å². The average Bonchev–Trinajstić information content (AvgIpc) is 1.56. The van der Waals surface area contributed by atoms with Gasteiger partial charge in [-0.05, 0) is 77.2 Å². The zero-order chi connectivity index (χ0) is 96.5. The number of hydrogen-bond donors (Lipinski definition) is 18. The number of ether oxygens (including phenoxy) is 9. The fourth-order valence-corrected chi connectivity index (χ4v) is 26.9. The first-order valence-corrected chi connectivity index (χ1v) is 56.4. The van der Waals surface area contributed by atoms with Crippen molar-refractivity contribution < 1.29 is 141 Å². The number of nitrogens with two attached hydrogens (primary N) is 6. The smallest absolute Gasteiger partial charge is 0.386 e. The maximum Gasteiger partial charge on any atom is 0.386 e. The summed E-state index contributed by atoms with van der Waals surface area (Å²) in [6.07, 6.45) is -12.2. The molecule has 12 bridgehead atoms. The number of rotatable bonds is 6. The molecule has 0 aliphatic carbocycles. The second kappa shape index (κ2) is 34.8. The van der Waals surface area contributed by atoms with Crippen molar-refractivity contribution in [3.8, 4) is 0 Å². The Balaban J connectivity index is 0.000000119. The Bertz CT molecular complexity index is 6760. The van der Waals surface area contributed by atoms with Gasteiger partial charge in [-0.3, -0.25) is 88.4 Å². The zero-order valence-electron chi connectivity index (χ0n) is 69.4. The summed E-state index contributed by atoms with van der Waals surface area (Å²) in [4.78, 5) is 151. The molecule has 0 spiro atoms. The Hall–Kier alpha value is -7.62. The molecule has 12 fully saturated rings. The molecule has 0 saturated carbocycles. The van der Waals surface area contributed by atoms with E-state index in [1.165, 1.54) is 70.3 Å². The van der Waals surface area contributed by atoms with Gasteiger partial charge in [-0.15, -0.1) is 0 Å². The van der Waals surface area contributed by atoms with Crippen LogP contribution in [-0.2, 0) is 161 Å². The van der Waals surface area contributed by atoms with Crippen LogP contribution in [0.3, 0.4) is 0 Å². The third kappa shape index (κ3) is 16.8. The Morgan fingerprint density at radius 1 is 0.355 bits per heavy atom. The van der Waals surface area contributed by atoms with E-state index in [0.717, 1.165) is 0 Å². The normalized spacial score (nSPS) is 39.7. The van der Waals surface area contributed by atoms with Gasteiger partial charge in [0.1, 0.15) is 125 Å². The molecule has 12 aromatic heterocycles. The minimum absolute atomic E-state index is 0.00190. The Morgan fingerprint density at radius 2 is 0.623 bits per heavy atom. The molecule has 30 atom stereocenters. The highest BCUT2D eigenvalue weighted by molar-refractivity contribution is 8.44. The highest BCUT2D eigenvalue weighted by Crippen LogP contribution is 2.65. The number of anilines is 6. The molecule has 72 heteroatoms. The first-order valence-electron chi connectivity index (χ1n) is 40.8. The van der Waals surface area contributed by atoms with Crippen molar-refractivity contribution in [1.29, 1.82) is 0 Å². The lowest BCUT2D eigenvalue weighted by atomic mass is 10.0. The van der Waals surface area contributed by atoms with Gasteiger partial charge in [0, 0.05) is 18.6 Å². The molecule has 12 saturated heterocycles. The van der Waals surface area contributed by atoms with Gasteiger partial charge >= 0.3 is 40.4 Å². The van der Waals surface area contributed by atoms with Gasteiger partial charge in [0.05, 0.1) is 114 Å². The summed E-state index contributed by atoms with van der Waals surface area (Å²) < 4.78 is 148. The van der Waals surface area contributed by atoms with E-state index < -0.39 is 242 Å². The highest BCUT2D eigenvalue weighted by Gasteiger charge is 2.70. The molecular weight excluding hydrogens is 2080 g/mol. The number of H-pyrrole nitrogens is 3. The molecule has 12 unspecified atom stereocenters. The summed E-state index contributed by atoms with van der Waals surface area (Å²) in [6.45, 7) is -28.2. The number of nitrogens with zero attached hydrogens (tertiary/aromatic N) is 18. The van der Waals surface area contributed by atoms with Crippen molar-refractivity contribution in [2.24, 2.45) is 0 Å². The number of nitrogens with one attached hydrogen (secondary N) is 3. The van der Waals surface area contributed by atoms with Crippen molar-refractivity contribution in [3.63, 3.8) is 0 Å². The summed E-state index contributed by atoms with van der Waals surface area (Å²) in [5.74, 6) is -0.605. The maximum atomic E-state index is 13.8. The number of aliphatic hydroxyl groups excluding tert-OH is 3. The summed E-state index contributed by atoms with van der Waals surface area (Å²) in [6, 6.07) is 4.82. The lowest BCUT2D eigenvalue weighted by molar-refractivity contribution is -0.183. The summed E-state index contributed by atoms with van der Waals surface area (Å²) in [5, 5.41) is 33.7. The van der Waals surface area contributed by atoms with E-state index >= 15 is 0 Å². The minimum atomic E-state index is -4.35. The SMILES string of the molecule is Nc1nc2c(ncn2[C@@H]2O[C@@H]3COP(O)(=S)OC4[C@@H]5OC[C@]4(COP(=O)(S)O[C@H]2C3O)O[C@H]5n2cnc3c(N)ccnc32)c(=O)[nH]1.Nc1nc2c(ncn2[C@@H]2O[C@@H]3COP(O)(=S)OC4[C@@H]5OC[C@]4(COP(O)(=S)O[C@H]2C3O)O[C@H]5n2cnc3c(N)ccnc32)c(=O)[nH]1.Nc1nc2c(ncn2[C@@H]2O[C@@H]3COP(O)(=S)OC4[C@@H]5OC[C@]4(COP(O)(=S)O[C@H]2C3O)O[C@H]5n2cnc3c(N)ccnc32)c(=O)[nH]1. The van der Waals surface area contributed by atoms with Gasteiger partial charge in [0.2, 0.25) is 17.8 Å². The van der Waals surface area contributed by atoms with Crippen LogP contribution in [0, 0.1) is 0 Å². The number of thiol groups is 1. The average molecular weight is 2150 g/mol. The molecule has 0 aromatic carbocycles. The van der Waals surface area contributed by atoms with Crippen LogP contribution in [0.1, 0.15) is 37.4 Å². The van der Waals surface area contributed by atoms with E-state index in [1.807, 2.05) is 0 Å². The molecule has 24 rings (SSSR count). The molecule has 23 N–H and O–H groups in total. The second-order valence-corrected chi connectivity index (χ2v) is 49.8. The first kappa shape index (κ1) is 95.2. The number of aliphatic hydroxyl groups is 3. The van der Waals surface area contributed by atoms with Gasteiger partial charge in [-0.1, -0.05) is 12.2 Å². The van der Waals surface area contributed by atoms with E-state index in [4.69, 9.17) is 190 Å². The van der Waals surface area contributed by atoms with E-state index in [1.54, 1.807) is 31.9 Å². The van der Waals surface area contributed by atoms with Crippen LogP contribution in [0.2, 0.25) is 0 Å². The van der Waals surface area contributed by atoms with Crippen molar-refractivity contribution in [2.45, 2.75) is 146 Å². The number of aromatic nitrogens is 21. The van der Waals surface area contributed by atoms with E-state index in [0.29, 0.717) is 50.6 Å². The van der Waals surface area contributed by atoms with Gasteiger partial charge < -0.3 is 139 Å². The van der Waals surface area contributed by atoms with E-state index in [-0.39, 0.29) is 71.2 Å². The quantitative estimate of drug-likeness (QED) is 0.0606. The summed E-state index contributed by atoms with van der Waals surface area (Å²) >= 11 is 31.0.